The highest BCUT2D eigenvalue weighted by Crippen LogP contribution is 2.40. The van der Waals surface area contributed by atoms with Crippen molar-refractivity contribution in [2.75, 3.05) is 0 Å². The Bertz CT molecular complexity index is 3250. The standard InChI is InChI=1S/C58H38N4/c1-3-15-39(16-4-1)45-31-29-43(61-55-23-11-7-19-47(55)48-20-8-12-24-56(48)61)35-51(45)53-33-27-41(37-59-53)42-28-34-54(60-38-42)52-36-44(30-32-46(52)40-17-5-2-6-18-40)62-57-25-13-9-21-49(57)50-22-10-14-26-58(50)62/h1-38H. The summed E-state index contributed by atoms with van der Waals surface area (Å²) in [7, 11) is 0. The summed E-state index contributed by atoms with van der Waals surface area (Å²) in [5.74, 6) is 0. The lowest BCUT2D eigenvalue weighted by Gasteiger charge is -2.15. The van der Waals surface area contributed by atoms with Crippen LogP contribution in [0.15, 0.2) is 231 Å². The number of nitrogens with zero attached hydrogens (tertiary/aromatic N) is 4. The quantitative estimate of drug-likeness (QED) is 0.161. The molecule has 0 saturated heterocycles. The molecule has 12 rings (SSSR count). The van der Waals surface area contributed by atoms with Crippen molar-refractivity contribution in [2.24, 2.45) is 0 Å². The van der Waals surface area contributed by atoms with Crippen LogP contribution in [0, 0.1) is 0 Å². The second-order valence-electron chi connectivity index (χ2n) is 15.8. The van der Waals surface area contributed by atoms with E-state index in [1.807, 2.05) is 12.4 Å². The van der Waals surface area contributed by atoms with E-state index in [9.17, 15) is 0 Å². The van der Waals surface area contributed by atoms with Crippen LogP contribution in [0.5, 0.6) is 0 Å². The van der Waals surface area contributed by atoms with Gasteiger partial charge in [0.05, 0.1) is 33.5 Å². The van der Waals surface area contributed by atoms with E-state index in [1.54, 1.807) is 0 Å². The highest BCUT2D eigenvalue weighted by Gasteiger charge is 2.18. The molecule has 4 nitrogen and oxygen atoms in total. The number of hydrogen-bond acceptors (Lipinski definition) is 2. The van der Waals surface area contributed by atoms with Crippen LogP contribution >= 0.6 is 0 Å². The number of aromatic nitrogens is 4. The molecule has 0 saturated carbocycles. The van der Waals surface area contributed by atoms with Crippen LogP contribution in [0.25, 0.3) is 111 Å². The fourth-order valence-electron chi connectivity index (χ4n) is 9.35. The lowest BCUT2D eigenvalue weighted by Crippen LogP contribution is -1.97. The molecule has 0 fully saturated rings. The highest BCUT2D eigenvalue weighted by molar-refractivity contribution is 6.10. The zero-order valence-corrected chi connectivity index (χ0v) is 33.7. The molecule has 4 aromatic heterocycles. The van der Waals surface area contributed by atoms with Gasteiger partial charge in [-0.1, -0.05) is 158 Å². The minimum Gasteiger partial charge on any atom is -0.309 e. The maximum absolute atomic E-state index is 5.14. The summed E-state index contributed by atoms with van der Waals surface area (Å²) in [6.07, 6.45) is 3.96. The number of rotatable bonds is 7. The monoisotopic (exact) mass is 790 g/mol. The van der Waals surface area contributed by atoms with Crippen molar-refractivity contribution in [3.8, 4) is 67.3 Å². The Morgan fingerprint density at radius 3 is 0.935 bits per heavy atom. The normalized spacial score (nSPS) is 11.5. The summed E-state index contributed by atoms with van der Waals surface area (Å²) in [6, 6.07) is 77.9. The fourth-order valence-corrected chi connectivity index (χ4v) is 9.35. The number of pyridine rings is 2. The smallest absolute Gasteiger partial charge is 0.0709 e. The van der Waals surface area contributed by atoms with Crippen LogP contribution < -0.4 is 0 Å². The summed E-state index contributed by atoms with van der Waals surface area (Å²) in [5.41, 5.74) is 17.5. The van der Waals surface area contributed by atoms with Gasteiger partial charge in [0.1, 0.15) is 0 Å². The molecule has 4 heterocycles. The summed E-state index contributed by atoms with van der Waals surface area (Å²) < 4.78 is 4.73. The summed E-state index contributed by atoms with van der Waals surface area (Å²) in [5, 5.41) is 4.97. The third-order valence-electron chi connectivity index (χ3n) is 12.3. The Hall–Kier alpha value is -8.34. The van der Waals surface area contributed by atoms with Crippen LogP contribution in [-0.4, -0.2) is 19.1 Å². The lowest BCUT2D eigenvalue weighted by atomic mass is 9.95. The fraction of sp³-hybridized carbons (Fsp3) is 0. The summed E-state index contributed by atoms with van der Waals surface area (Å²) >= 11 is 0. The molecule has 0 spiro atoms. The molecule has 0 amide bonds. The highest BCUT2D eigenvalue weighted by atomic mass is 15.0. The molecule has 0 bridgehead atoms. The number of benzene rings is 8. The molecule has 62 heavy (non-hydrogen) atoms. The van der Waals surface area contributed by atoms with E-state index in [0.717, 1.165) is 67.3 Å². The van der Waals surface area contributed by atoms with E-state index in [0.29, 0.717) is 0 Å². The van der Waals surface area contributed by atoms with Gasteiger partial charge < -0.3 is 9.13 Å². The van der Waals surface area contributed by atoms with Crippen LogP contribution in [-0.2, 0) is 0 Å². The number of hydrogen-bond donors (Lipinski definition) is 0. The Kier molecular flexibility index (Phi) is 8.46. The topological polar surface area (TPSA) is 35.6 Å². The first kappa shape index (κ1) is 35.6. The van der Waals surface area contributed by atoms with Crippen molar-refractivity contribution >= 4 is 43.6 Å². The van der Waals surface area contributed by atoms with Gasteiger partial charge in [0, 0.05) is 67.6 Å². The van der Waals surface area contributed by atoms with Gasteiger partial charge in [-0.15, -0.1) is 0 Å². The largest absolute Gasteiger partial charge is 0.309 e. The third-order valence-corrected chi connectivity index (χ3v) is 12.3. The second kappa shape index (κ2) is 14.7. The van der Waals surface area contributed by atoms with Gasteiger partial charge in [-0.3, -0.25) is 9.97 Å². The zero-order valence-electron chi connectivity index (χ0n) is 33.7. The van der Waals surface area contributed by atoms with Gasteiger partial charge in [-0.25, -0.2) is 0 Å². The van der Waals surface area contributed by atoms with Crippen LogP contribution in [0.1, 0.15) is 0 Å². The predicted octanol–water partition coefficient (Wildman–Crippen LogP) is 15.0. The van der Waals surface area contributed by atoms with E-state index in [2.05, 4.69) is 228 Å². The molecule has 0 aliphatic heterocycles. The third kappa shape index (κ3) is 5.92. The minimum absolute atomic E-state index is 0.911. The summed E-state index contributed by atoms with van der Waals surface area (Å²) in [4.78, 5) is 10.3. The van der Waals surface area contributed by atoms with Crippen LogP contribution in [0.2, 0.25) is 0 Å². The zero-order chi connectivity index (χ0) is 41.0. The van der Waals surface area contributed by atoms with Crippen molar-refractivity contribution in [1.82, 2.24) is 19.1 Å². The SMILES string of the molecule is c1ccc(-c2ccc(-n3c4ccccc4c4ccccc43)cc2-c2ccc(-c3ccc(-c4cc(-n5c6ccccc6c6ccccc65)ccc4-c4ccccc4)nc3)cn2)cc1. The second-order valence-corrected chi connectivity index (χ2v) is 15.8. The molecule has 0 aliphatic carbocycles. The van der Waals surface area contributed by atoms with Crippen LogP contribution in [0.3, 0.4) is 0 Å². The van der Waals surface area contributed by atoms with E-state index >= 15 is 0 Å². The Morgan fingerprint density at radius 2 is 0.597 bits per heavy atom. The molecular weight excluding hydrogens is 753 g/mol. The first-order chi connectivity index (χ1) is 30.8. The van der Waals surface area contributed by atoms with Gasteiger partial charge in [0.25, 0.3) is 0 Å². The van der Waals surface area contributed by atoms with E-state index in [1.165, 1.54) is 43.6 Å². The number of para-hydroxylation sites is 4. The average molecular weight is 791 g/mol. The first-order valence-electron chi connectivity index (χ1n) is 21.1. The molecule has 4 heteroatoms. The molecule has 8 aromatic carbocycles. The summed E-state index contributed by atoms with van der Waals surface area (Å²) in [6.45, 7) is 0. The molecular formula is C58H38N4. The van der Waals surface area contributed by atoms with E-state index < -0.39 is 0 Å². The molecule has 12 aromatic rings. The Morgan fingerprint density at radius 1 is 0.258 bits per heavy atom. The van der Waals surface area contributed by atoms with Gasteiger partial charge >= 0.3 is 0 Å². The molecule has 0 N–H and O–H groups in total. The maximum atomic E-state index is 5.14. The van der Waals surface area contributed by atoms with Crippen molar-refractivity contribution in [3.05, 3.63) is 231 Å². The first-order valence-corrected chi connectivity index (χ1v) is 21.1. The van der Waals surface area contributed by atoms with Crippen molar-refractivity contribution in [2.45, 2.75) is 0 Å². The minimum atomic E-state index is 0.911. The Labute approximate surface area is 359 Å². The van der Waals surface area contributed by atoms with Crippen molar-refractivity contribution < 1.29 is 0 Å². The van der Waals surface area contributed by atoms with Gasteiger partial charge in [-0.2, -0.15) is 0 Å². The number of fused-ring (bicyclic) bond motifs is 6. The maximum Gasteiger partial charge on any atom is 0.0709 e. The van der Waals surface area contributed by atoms with Crippen molar-refractivity contribution in [3.63, 3.8) is 0 Å². The Balaban J connectivity index is 0.936. The van der Waals surface area contributed by atoms with E-state index in [-0.39, 0.29) is 0 Å². The predicted molar refractivity (Wildman–Crippen MR) is 258 cm³/mol. The van der Waals surface area contributed by atoms with Crippen molar-refractivity contribution in [1.29, 1.82) is 0 Å². The molecule has 0 radical (unpaired) electrons. The molecule has 0 unspecified atom stereocenters. The van der Waals surface area contributed by atoms with Crippen LogP contribution in [0.4, 0.5) is 0 Å². The lowest BCUT2D eigenvalue weighted by molar-refractivity contribution is 1.18. The molecule has 0 aliphatic rings. The van der Waals surface area contributed by atoms with Gasteiger partial charge in [0.2, 0.25) is 0 Å². The van der Waals surface area contributed by atoms with E-state index in [4.69, 9.17) is 9.97 Å². The molecule has 290 valence electrons. The van der Waals surface area contributed by atoms with Gasteiger partial charge in [0.15, 0.2) is 0 Å². The molecule has 0 atom stereocenters. The average Bonchev–Trinajstić information content (AvgIpc) is 3.87. The van der Waals surface area contributed by atoms with Gasteiger partial charge in [-0.05, 0) is 82.9 Å².